The highest BCUT2D eigenvalue weighted by Crippen LogP contribution is 2.04. The molecule has 0 spiro atoms. The highest BCUT2D eigenvalue weighted by atomic mass is 14.9. The van der Waals surface area contributed by atoms with Crippen molar-refractivity contribution >= 4 is 13.3 Å². The predicted octanol–water partition coefficient (Wildman–Crippen LogP) is 0.394. The van der Waals surface area contributed by atoms with Crippen LogP contribution < -0.4 is 5.46 Å². The van der Waals surface area contributed by atoms with E-state index in [0.717, 1.165) is 5.82 Å². The molecular formula is C7H9BN2. The second kappa shape index (κ2) is 2.82. The van der Waals surface area contributed by atoms with Gasteiger partial charge in [-0.05, 0) is 0 Å². The summed E-state index contributed by atoms with van der Waals surface area (Å²) in [5, 5.41) is 0. The van der Waals surface area contributed by atoms with Crippen molar-refractivity contribution in [3.63, 3.8) is 0 Å². The molecule has 1 aromatic rings. The molecule has 1 rings (SSSR count). The second-order valence-electron chi connectivity index (χ2n) is 2.53. The van der Waals surface area contributed by atoms with Crippen LogP contribution in [0.3, 0.4) is 0 Å². The number of rotatable bonds is 1. The Hall–Kier alpha value is -0.855. The first-order valence-electron chi connectivity index (χ1n) is 3.27. The van der Waals surface area contributed by atoms with Crippen LogP contribution in [-0.4, -0.2) is 17.8 Å². The van der Waals surface area contributed by atoms with Crippen LogP contribution in [0.4, 0.5) is 0 Å². The van der Waals surface area contributed by atoms with Crippen molar-refractivity contribution < 1.29 is 0 Å². The van der Waals surface area contributed by atoms with E-state index < -0.39 is 0 Å². The third-order valence-corrected chi connectivity index (χ3v) is 1.21. The van der Waals surface area contributed by atoms with Crippen LogP contribution in [0.5, 0.6) is 0 Å². The van der Waals surface area contributed by atoms with Crippen LogP contribution in [0, 0.1) is 0 Å². The highest BCUT2D eigenvalue weighted by molar-refractivity contribution is 6.31. The van der Waals surface area contributed by atoms with Crippen LogP contribution in [0.2, 0.25) is 0 Å². The minimum atomic E-state index is 0.376. The van der Waals surface area contributed by atoms with Gasteiger partial charge in [-0.3, -0.25) is 0 Å². The Kier molecular flexibility index (Phi) is 2.04. The van der Waals surface area contributed by atoms with Crippen molar-refractivity contribution in [1.82, 2.24) is 9.97 Å². The molecule has 10 heavy (non-hydrogen) atoms. The highest BCUT2D eigenvalue weighted by Gasteiger charge is 1.99. The van der Waals surface area contributed by atoms with Gasteiger partial charge in [0.25, 0.3) is 0 Å². The van der Waals surface area contributed by atoms with Crippen molar-refractivity contribution in [2.75, 3.05) is 0 Å². The normalized spacial score (nSPS) is 10.3. The van der Waals surface area contributed by atoms with Gasteiger partial charge in [0, 0.05) is 18.3 Å². The Morgan fingerprint density at radius 1 is 1.30 bits per heavy atom. The maximum Gasteiger partial charge on any atom is 0.130 e. The van der Waals surface area contributed by atoms with Crippen molar-refractivity contribution in [1.29, 1.82) is 0 Å². The molecule has 0 N–H and O–H groups in total. The van der Waals surface area contributed by atoms with Crippen LogP contribution in [0.15, 0.2) is 12.4 Å². The lowest BCUT2D eigenvalue weighted by Gasteiger charge is -2.01. The van der Waals surface area contributed by atoms with E-state index >= 15 is 0 Å². The predicted molar refractivity (Wildman–Crippen MR) is 41.5 cm³/mol. The average Bonchev–Trinajstić information content (AvgIpc) is 1.88. The Morgan fingerprint density at radius 3 is 2.20 bits per heavy atom. The van der Waals surface area contributed by atoms with E-state index in [9.17, 15) is 0 Å². The Bertz CT molecular complexity index is 205. The van der Waals surface area contributed by atoms with E-state index in [1.807, 2.05) is 13.8 Å². The van der Waals surface area contributed by atoms with Crippen molar-refractivity contribution in [3.05, 3.63) is 18.2 Å². The molecule has 0 aliphatic carbocycles. The van der Waals surface area contributed by atoms with Gasteiger partial charge in [0.2, 0.25) is 0 Å². The van der Waals surface area contributed by atoms with E-state index in [2.05, 4.69) is 9.97 Å². The molecular weight excluding hydrogens is 123 g/mol. The zero-order valence-corrected chi connectivity index (χ0v) is 6.20. The van der Waals surface area contributed by atoms with Gasteiger partial charge >= 0.3 is 0 Å². The van der Waals surface area contributed by atoms with E-state index in [0.29, 0.717) is 11.4 Å². The van der Waals surface area contributed by atoms with Crippen molar-refractivity contribution in [2.45, 2.75) is 19.8 Å². The first-order chi connectivity index (χ1) is 4.70. The molecule has 0 amide bonds. The average molecular weight is 132 g/mol. The van der Waals surface area contributed by atoms with Gasteiger partial charge < -0.3 is 0 Å². The summed E-state index contributed by atoms with van der Waals surface area (Å²) in [7, 11) is 5.40. The first kappa shape index (κ1) is 7.25. The third kappa shape index (κ3) is 1.56. The summed E-state index contributed by atoms with van der Waals surface area (Å²) in [5.74, 6) is 1.22. The molecule has 1 heterocycles. The number of hydrogen-bond donors (Lipinski definition) is 0. The van der Waals surface area contributed by atoms with Crippen LogP contribution in [0.25, 0.3) is 0 Å². The van der Waals surface area contributed by atoms with Gasteiger partial charge in [-0.1, -0.05) is 19.3 Å². The van der Waals surface area contributed by atoms with Gasteiger partial charge in [-0.25, -0.2) is 9.97 Å². The van der Waals surface area contributed by atoms with Crippen molar-refractivity contribution in [2.24, 2.45) is 0 Å². The minimum Gasteiger partial charge on any atom is -0.242 e. The van der Waals surface area contributed by atoms with Gasteiger partial charge in [0.1, 0.15) is 13.7 Å². The van der Waals surface area contributed by atoms with E-state index in [4.69, 9.17) is 7.85 Å². The Balaban J connectivity index is 2.89. The lowest BCUT2D eigenvalue weighted by Crippen LogP contribution is -2.07. The van der Waals surface area contributed by atoms with Gasteiger partial charge in [-0.2, -0.15) is 0 Å². The fourth-order valence-electron chi connectivity index (χ4n) is 0.646. The lowest BCUT2D eigenvalue weighted by atomic mass is 10.0. The topological polar surface area (TPSA) is 25.8 Å². The molecule has 0 aliphatic rings. The van der Waals surface area contributed by atoms with Crippen LogP contribution in [-0.2, 0) is 0 Å². The molecule has 0 unspecified atom stereocenters. The summed E-state index contributed by atoms with van der Waals surface area (Å²) < 4.78 is 0. The molecule has 2 nitrogen and oxygen atoms in total. The molecule has 0 bridgehead atoms. The molecule has 50 valence electrons. The molecule has 0 atom stereocenters. The summed E-state index contributed by atoms with van der Waals surface area (Å²) in [5.41, 5.74) is 0.615. The fourth-order valence-corrected chi connectivity index (χ4v) is 0.646. The maximum absolute atomic E-state index is 5.40. The quantitative estimate of drug-likeness (QED) is 0.516. The van der Waals surface area contributed by atoms with E-state index in [-0.39, 0.29) is 0 Å². The van der Waals surface area contributed by atoms with Gasteiger partial charge in [-0.15, -0.1) is 0 Å². The Morgan fingerprint density at radius 2 is 1.80 bits per heavy atom. The lowest BCUT2D eigenvalue weighted by molar-refractivity contribution is 0.776. The molecule has 0 aliphatic heterocycles. The SMILES string of the molecule is [B]c1cnc(C(C)C)nc1. The van der Waals surface area contributed by atoms with Gasteiger partial charge in [0.15, 0.2) is 0 Å². The third-order valence-electron chi connectivity index (χ3n) is 1.21. The number of aromatic nitrogens is 2. The molecule has 0 fully saturated rings. The first-order valence-corrected chi connectivity index (χ1v) is 3.27. The zero-order valence-electron chi connectivity index (χ0n) is 6.20. The van der Waals surface area contributed by atoms with Crippen molar-refractivity contribution in [3.8, 4) is 0 Å². The van der Waals surface area contributed by atoms with Crippen LogP contribution in [0.1, 0.15) is 25.6 Å². The standard InChI is InChI=1S/C7H9BN2/c1-5(2)7-9-3-6(8)4-10-7/h3-5H,1-2H3. The summed E-state index contributed by atoms with van der Waals surface area (Å²) >= 11 is 0. The molecule has 3 heteroatoms. The second-order valence-corrected chi connectivity index (χ2v) is 2.53. The molecule has 0 saturated heterocycles. The maximum atomic E-state index is 5.40. The molecule has 1 aromatic heterocycles. The Labute approximate surface area is 62.1 Å². The number of nitrogens with zero attached hydrogens (tertiary/aromatic N) is 2. The minimum absolute atomic E-state index is 0.376. The summed E-state index contributed by atoms with van der Waals surface area (Å²) in [4.78, 5) is 8.08. The molecule has 2 radical (unpaired) electrons. The molecule has 0 saturated carbocycles. The number of hydrogen-bond acceptors (Lipinski definition) is 2. The monoisotopic (exact) mass is 132 g/mol. The fraction of sp³-hybridized carbons (Fsp3) is 0.429. The summed E-state index contributed by atoms with van der Waals surface area (Å²) in [6.45, 7) is 4.09. The van der Waals surface area contributed by atoms with Crippen LogP contribution >= 0.6 is 0 Å². The van der Waals surface area contributed by atoms with E-state index in [1.54, 1.807) is 12.4 Å². The smallest absolute Gasteiger partial charge is 0.130 e. The summed E-state index contributed by atoms with van der Waals surface area (Å²) in [6.07, 6.45) is 3.25. The largest absolute Gasteiger partial charge is 0.242 e. The summed E-state index contributed by atoms with van der Waals surface area (Å²) in [6, 6.07) is 0. The van der Waals surface area contributed by atoms with Gasteiger partial charge in [0.05, 0.1) is 0 Å². The molecule has 0 aromatic carbocycles. The zero-order chi connectivity index (χ0) is 7.56. The van der Waals surface area contributed by atoms with E-state index in [1.165, 1.54) is 0 Å².